The number of aromatic nitrogens is 2. The van der Waals surface area contributed by atoms with Crippen molar-refractivity contribution in [3.63, 3.8) is 0 Å². The Balaban J connectivity index is 1.96. The van der Waals surface area contributed by atoms with E-state index in [1.807, 2.05) is 13.8 Å². The zero-order valence-corrected chi connectivity index (χ0v) is 13.7. The minimum atomic E-state index is -3.32. The van der Waals surface area contributed by atoms with E-state index < -0.39 is 10.2 Å². The lowest BCUT2D eigenvalue weighted by molar-refractivity contribution is 0.127. The van der Waals surface area contributed by atoms with Crippen LogP contribution in [0.3, 0.4) is 0 Å². The van der Waals surface area contributed by atoms with Crippen molar-refractivity contribution in [3.8, 4) is 5.88 Å². The van der Waals surface area contributed by atoms with E-state index in [1.165, 1.54) is 8.61 Å². The van der Waals surface area contributed by atoms with Crippen molar-refractivity contribution in [1.29, 1.82) is 0 Å². The summed E-state index contributed by atoms with van der Waals surface area (Å²) in [4.78, 5) is 8.46. The molecule has 0 unspecified atom stereocenters. The van der Waals surface area contributed by atoms with Gasteiger partial charge < -0.3 is 4.74 Å². The lowest BCUT2D eigenvalue weighted by Gasteiger charge is -2.32. The number of nitrogens with zero attached hydrogens (tertiary/aromatic N) is 4. The van der Waals surface area contributed by atoms with Crippen LogP contribution < -0.4 is 4.74 Å². The molecule has 0 bridgehead atoms. The van der Waals surface area contributed by atoms with Crippen LogP contribution in [0.25, 0.3) is 0 Å². The maximum absolute atomic E-state index is 12.0. The van der Waals surface area contributed by atoms with Gasteiger partial charge in [0.25, 0.3) is 10.2 Å². The van der Waals surface area contributed by atoms with Gasteiger partial charge in [0.1, 0.15) is 11.9 Å². The highest BCUT2D eigenvalue weighted by atomic mass is 32.2. The van der Waals surface area contributed by atoms with E-state index in [0.29, 0.717) is 37.6 Å². The third-order valence-electron chi connectivity index (χ3n) is 3.42. The molecule has 0 radical (unpaired) electrons. The smallest absolute Gasteiger partial charge is 0.281 e. The van der Waals surface area contributed by atoms with Crippen LogP contribution in [0, 0.1) is 13.8 Å². The van der Waals surface area contributed by atoms with Crippen LogP contribution in [-0.2, 0) is 10.2 Å². The van der Waals surface area contributed by atoms with Crippen LogP contribution in [0.5, 0.6) is 5.88 Å². The van der Waals surface area contributed by atoms with Crippen molar-refractivity contribution in [2.45, 2.75) is 32.8 Å². The van der Waals surface area contributed by atoms with Crippen LogP contribution in [0.1, 0.15) is 24.4 Å². The maximum Gasteiger partial charge on any atom is 0.281 e. The van der Waals surface area contributed by atoms with Gasteiger partial charge in [-0.05, 0) is 26.7 Å². The SMILES string of the molecule is Cc1cc(OC2CCN(S(=O)(=O)N(C)C)CC2)nc(C)n1. The minimum absolute atomic E-state index is 0.00712. The summed E-state index contributed by atoms with van der Waals surface area (Å²) in [6.45, 7) is 4.66. The first-order valence-electron chi connectivity index (χ1n) is 6.95. The molecule has 0 atom stereocenters. The van der Waals surface area contributed by atoms with Gasteiger partial charge in [-0.1, -0.05) is 0 Å². The van der Waals surface area contributed by atoms with Crippen molar-refractivity contribution in [2.75, 3.05) is 27.2 Å². The third kappa shape index (κ3) is 3.90. The molecule has 2 heterocycles. The largest absolute Gasteiger partial charge is 0.474 e. The van der Waals surface area contributed by atoms with Crippen molar-refractivity contribution >= 4 is 10.2 Å². The van der Waals surface area contributed by atoms with Crippen LogP contribution >= 0.6 is 0 Å². The monoisotopic (exact) mass is 314 g/mol. The number of ether oxygens (including phenoxy) is 1. The fraction of sp³-hybridized carbons (Fsp3) is 0.692. The van der Waals surface area contributed by atoms with Crippen LogP contribution in [-0.4, -0.2) is 60.3 Å². The molecule has 0 spiro atoms. The normalized spacial score (nSPS) is 18.1. The van der Waals surface area contributed by atoms with Gasteiger partial charge in [-0.15, -0.1) is 0 Å². The molecule has 0 saturated carbocycles. The fourth-order valence-electron chi connectivity index (χ4n) is 2.33. The molecular weight excluding hydrogens is 292 g/mol. The third-order valence-corrected chi connectivity index (χ3v) is 5.36. The summed E-state index contributed by atoms with van der Waals surface area (Å²) < 4.78 is 32.6. The lowest BCUT2D eigenvalue weighted by atomic mass is 10.1. The Morgan fingerprint density at radius 1 is 1.24 bits per heavy atom. The Kier molecular flexibility index (Phi) is 4.80. The van der Waals surface area contributed by atoms with Gasteiger partial charge in [-0.2, -0.15) is 22.0 Å². The summed E-state index contributed by atoms with van der Waals surface area (Å²) in [6, 6.07) is 1.80. The van der Waals surface area contributed by atoms with Gasteiger partial charge in [-0.3, -0.25) is 0 Å². The second-order valence-electron chi connectivity index (χ2n) is 5.40. The van der Waals surface area contributed by atoms with Crippen LogP contribution in [0.15, 0.2) is 6.07 Å². The predicted molar refractivity (Wildman–Crippen MR) is 79.3 cm³/mol. The van der Waals surface area contributed by atoms with E-state index >= 15 is 0 Å². The highest BCUT2D eigenvalue weighted by Crippen LogP contribution is 2.20. The van der Waals surface area contributed by atoms with Gasteiger partial charge >= 0.3 is 0 Å². The molecule has 1 aromatic heterocycles. The highest BCUT2D eigenvalue weighted by molar-refractivity contribution is 7.86. The average molecular weight is 314 g/mol. The lowest BCUT2D eigenvalue weighted by Crippen LogP contribution is -2.46. The van der Waals surface area contributed by atoms with Crippen molar-refractivity contribution in [2.24, 2.45) is 0 Å². The average Bonchev–Trinajstić information content (AvgIpc) is 2.37. The van der Waals surface area contributed by atoms with E-state index in [4.69, 9.17) is 4.74 Å². The van der Waals surface area contributed by atoms with E-state index in [9.17, 15) is 8.42 Å². The summed E-state index contributed by atoms with van der Waals surface area (Å²) in [5.41, 5.74) is 0.866. The summed E-state index contributed by atoms with van der Waals surface area (Å²) in [6.07, 6.45) is 1.32. The van der Waals surface area contributed by atoms with Gasteiger partial charge in [0, 0.05) is 38.9 Å². The minimum Gasteiger partial charge on any atom is -0.474 e. The molecule has 0 N–H and O–H groups in total. The first-order valence-corrected chi connectivity index (χ1v) is 8.35. The zero-order valence-electron chi connectivity index (χ0n) is 12.9. The van der Waals surface area contributed by atoms with Crippen molar-refractivity contribution in [3.05, 3.63) is 17.6 Å². The Bertz CT molecular complexity index is 575. The van der Waals surface area contributed by atoms with Gasteiger partial charge in [0.2, 0.25) is 5.88 Å². The second-order valence-corrected chi connectivity index (χ2v) is 7.54. The number of piperidine rings is 1. The molecule has 8 heteroatoms. The summed E-state index contributed by atoms with van der Waals surface area (Å²) >= 11 is 0. The molecule has 1 fully saturated rings. The highest BCUT2D eigenvalue weighted by Gasteiger charge is 2.30. The van der Waals surface area contributed by atoms with E-state index in [1.54, 1.807) is 20.2 Å². The standard InChI is InChI=1S/C13H22N4O3S/c1-10-9-13(15-11(2)14-10)20-12-5-7-17(8-6-12)21(18,19)16(3)4/h9,12H,5-8H2,1-4H3. The molecule has 0 aliphatic carbocycles. The number of aryl methyl sites for hydroxylation is 2. The predicted octanol–water partition coefficient (Wildman–Crippen LogP) is 0.743. The molecule has 1 aliphatic heterocycles. The second kappa shape index (κ2) is 6.25. The Labute approximate surface area is 126 Å². The van der Waals surface area contributed by atoms with Gasteiger partial charge in [0.05, 0.1) is 0 Å². The summed E-state index contributed by atoms with van der Waals surface area (Å²) in [5, 5.41) is 0. The maximum atomic E-state index is 12.0. The zero-order chi connectivity index (χ0) is 15.6. The van der Waals surface area contributed by atoms with Crippen LogP contribution in [0.2, 0.25) is 0 Å². The van der Waals surface area contributed by atoms with Crippen molar-refractivity contribution in [1.82, 2.24) is 18.6 Å². The first-order chi connectivity index (χ1) is 9.79. The Hall–Kier alpha value is -1.25. The molecule has 0 aromatic carbocycles. The Morgan fingerprint density at radius 3 is 2.38 bits per heavy atom. The summed E-state index contributed by atoms with van der Waals surface area (Å²) in [5.74, 6) is 1.24. The van der Waals surface area contributed by atoms with E-state index in [0.717, 1.165) is 5.69 Å². The molecule has 1 aromatic rings. The molecule has 1 saturated heterocycles. The molecule has 7 nitrogen and oxygen atoms in total. The molecule has 0 amide bonds. The van der Waals surface area contributed by atoms with E-state index in [-0.39, 0.29) is 6.10 Å². The van der Waals surface area contributed by atoms with E-state index in [2.05, 4.69) is 9.97 Å². The summed E-state index contributed by atoms with van der Waals surface area (Å²) in [7, 11) is -0.232. The number of rotatable bonds is 4. The quantitative estimate of drug-likeness (QED) is 0.819. The number of hydrogen-bond donors (Lipinski definition) is 0. The molecular formula is C13H22N4O3S. The van der Waals surface area contributed by atoms with Crippen molar-refractivity contribution < 1.29 is 13.2 Å². The van der Waals surface area contributed by atoms with Gasteiger partial charge in [0.15, 0.2) is 0 Å². The fourth-order valence-corrected chi connectivity index (χ4v) is 3.46. The van der Waals surface area contributed by atoms with Crippen LogP contribution in [0.4, 0.5) is 0 Å². The molecule has 2 rings (SSSR count). The Morgan fingerprint density at radius 2 is 1.86 bits per heavy atom. The first kappa shape index (κ1) is 16.1. The molecule has 1 aliphatic rings. The molecule has 118 valence electrons. The topological polar surface area (TPSA) is 75.6 Å². The molecule has 21 heavy (non-hydrogen) atoms. The number of hydrogen-bond acceptors (Lipinski definition) is 5. The van der Waals surface area contributed by atoms with Gasteiger partial charge in [-0.25, -0.2) is 4.98 Å².